The molecule has 0 amide bonds. The fourth-order valence-corrected chi connectivity index (χ4v) is 0.580. The molecule has 0 aromatic heterocycles. The Morgan fingerprint density at radius 3 is 2.45 bits per heavy atom. The summed E-state index contributed by atoms with van der Waals surface area (Å²) in [6, 6.07) is -1.11. The van der Waals surface area contributed by atoms with Crippen molar-refractivity contribution in [2.45, 2.75) is 18.9 Å². The topological polar surface area (TPSA) is 38.3 Å². The summed E-state index contributed by atoms with van der Waals surface area (Å²) in [6.07, 6.45) is -2.84. The smallest absolute Gasteiger partial charge is 0.307 e. The van der Waals surface area contributed by atoms with Gasteiger partial charge in [0.25, 0.3) is 6.43 Å². The summed E-state index contributed by atoms with van der Waals surface area (Å²) in [5.74, 6) is -0.635. The summed E-state index contributed by atoms with van der Waals surface area (Å²) in [6.45, 7) is 0. The van der Waals surface area contributed by atoms with Crippen LogP contribution in [0.2, 0.25) is 0 Å². The zero-order chi connectivity index (χ0) is 8.85. The lowest BCUT2D eigenvalue weighted by atomic mass is 10.2. The van der Waals surface area contributed by atoms with Crippen LogP contribution in [0.4, 0.5) is 8.78 Å². The van der Waals surface area contributed by atoms with E-state index in [9.17, 15) is 13.6 Å². The molecule has 0 aromatic rings. The molecule has 11 heavy (non-hydrogen) atoms. The summed E-state index contributed by atoms with van der Waals surface area (Å²) >= 11 is 0. The Kier molecular flexibility index (Phi) is 4.69. The van der Waals surface area contributed by atoms with E-state index in [-0.39, 0.29) is 6.42 Å². The average molecular weight is 167 g/mol. The van der Waals surface area contributed by atoms with E-state index in [1.54, 1.807) is 0 Å². The first-order valence-electron chi connectivity index (χ1n) is 3.14. The SMILES string of the molecule is CNC(CC(=O)OC)C(F)F. The maximum atomic E-state index is 11.9. The summed E-state index contributed by atoms with van der Waals surface area (Å²) < 4.78 is 28.1. The van der Waals surface area contributed by atoms with Crippen LogP contribution in [0.1, 0.15) is 6.42 Å². The molecule has 0 aliphatic heterocycles. The number of nitrogens with one attached hydrogen (secondary N) is 1. The molecule has 0 fully saturated rings. The average Bonchev–Trinajstić information content (AvgIpc) is 1.99. The maximum absolute atomic E-state index is 11.9. The van der Waals surface area contributed by atoms with Gasteiger partial charge in [-0.3, -0.25) is 4.79 Å². The van der Waals surface area contributed by atoms with Crippen LogP contribution in [0.3, 0.4) is 0 Å². The van der Waals surface area contributed by atoms with Crippen molar-refractivity contribution in [2.75, 3.05) is 14.2 Å². The Labute approximate surface area is 63.7 Å². The first-order valence-corrected chi connectivity index (χ1v) is 3.14. The van der Waals surface area contributed by atoms with Crippen LogP contribution >= 0.6 is 0 Å². The maximum Gasteiger partial charge on any atom is 0.307 e. The van der Waals surface area contributed by atoms with Crippen molar-refractivity contribution in [3.8, 4) is 0 Å². The van der Waals surface area contributed by atoms with E-state index in [0.29, 0.717) is 0 Å². The molecule has 0 spiro atoms. The Balaban J connectivity index is 3.78. The minimum Gasteiger partial charge on any atom is -0.469 e. The molecular weight excluding hydrogens is 156 g/mol. The second-order valence-electron chi connectivity index (χ2n) is 2.01. The molecule has 0 saturated carbocycles. The molecule has 0 radical (unpaired) electrons. The van der Waals surface area contributed by atoms with Crippen molar-refractivity contribution in [2.24, 2.45) is 0 Å². The highest BCUT2D eigenvalue weighted by molar-refractivity contribution is 5.69. The lowest BCUT2D eigenvalue weighted by Crippen LogP contribution is -2.35. The minimum atomic E-state index is -2.54. The lowest BCUT2D eigenvalue weighted by Gasteiger charge is -2.12. The van der Waals surface area contributed by atoms with E-state index < -0.39 is 18.4 Å². The summed E-state index contributed by atoms with van der Waals surface area (Å²) in [5.41, 5.74) is 0. The van der Waals surface area contributed by atoms with Gasteiger partial charge in [-0.15, -0.1) is 0 Å². The Morgan fingerprint density at radius 1 is 1.64 bits per heavy atom. The van der Waals surface area contributed by atoms with Crippen LogP contribution in [-0.4, -0.2) is 32.6 Å². The van der Waals surface area contributed by atoms with Gasteiger partial charge in [0.1, 0.15) is 0 Å². The molecule has 0 rings (SSSR count). The fraction of sp³-hybridized carbons (Fsp3) is 0.833. The number of carbonyl (C=O) groups excluding carboxylic acids is 1. The third kappa shape index (κ3) is 3.87. The highest BCUT2D eigenvalue weighted by Gasteiger charge is 2.21. The molecule has 0 aliphatic carbocycles. The molecular formula is C6H11F2NO2. The Morgan fingerprint density at radius 2 is 2.18 bits per heavy atom. The molecule has 1 N–H and O–H groups in total. The van der Waals surface area contributed by atoms with Crippen molar-refractivity contribution < 1.29 is 18.3 Å². The normalized spacial score (nSPS) is 13.2. The van der Waals surface area contributed by atoms with Crippen LogP contribution in [0.15, 0.2) is 0 Å². The van der Waals surface area contributed by atoms with Crippen LogP contribution < -0.4 is 5.32 Å². The summed E-state index contributed by atoms with van der Waals surface area (Å²) in [7, 11) is 2.54. The lowest BCUT2D eigenvalue weighted by molar-refractivity contribution is -0.142. The third-order valence-corrected chi connectivity index (χ3v) is 1.29. The van der Waals surface area contributed by atoms with Gasteiger partial charge < -0.3 is 10.1 Å². The van der Waals surface area contributed by atoms with E-state index in [2.05, 4.69) is 10.1 Å². The van der Waals surface area contributed by atoms with Crippen LogP contribution in [0.5, 0.6) is 0 Å². The molecule has 0 bridgehead atoms. The van der Waals surface area contributed by atoms with Crippen LogP contribution in [0.25, 0.3) is 0 Å². The highest BCUT2D eigenvalue weighted by atomic mass is 19.3. The highest BCUT2D eigenvalue weighted by Crippen LogP contribution is 2.04. The third-order valence-electron chi connectivity index (χ3n) is 1.29. The van der Waals surface area contributed by atoms with Gasteiger partial charge in [-0.2, -0.15) is 0 Å². The second kappa shape index (κ2) is 5.01. The van der Waals surface area contributed by atoms with E-state index >= 15 is 0 Å². The predicted molar refractivity (Wildman–Crippen MR) is 35.5 cm³/mol. The standard InChI is InChI=1S/C6H11F2NO2/c1-9-4(6(7)8)3-5(10)11-2/h4,6,9H,3H2,1-2H3. The van der Waals surface area contributed by atoms with Crippen molar-refractivity contribution in [3.63, 3.8) is 0 Å². The number of carbonyl (C=O) groups is 1. The molecule has 0 heterocycles. The Bertz CT molecular complexity index is 130. The van der Waals surface area contributed by atoms with Gasteiger partial charge >= 0.3 is 5.97 Å². The number of rotatable bonds is 4. The van der Waals surface area contributed by atoms with E-state index in [1.807, 2.05) is 0 Å². The van der Waals surface area contributed by atoms with Crippen molar-refractivity contribution in [1.29, 1.82) is 0 Å². The molecule has 1 unspecified atom stereocenters. The Hall–Kier alpha value is -0.710. The molecule has 3 nitrogen and oxygen atoms in total. The van der Waals surface area contributed by atoms with Gasteiger partial charge in [0.05, 0.1) is 19.6 Å². The number of alkyl halides is 2. The number of hydrogen-bond donors (Lipinski definition) is 1. The largest absolute Gasteiger partial charge is 0.469 e. The fourth-order valence-electron chi connectivity index (χ4n) is 0.580. The zero-order valence-electron chi connectivity index (χ0n) is 6.43. The molecule has 0 aliphatic rings. The van der Waals surface area contributed by atoms with Gasteiger partial charge in [0.15, 0.2) is 0 Å². The minimum absolute atomic E-state index is 0.301. The van der Waals surface area contributed by atoms with Gasteiger partial charge in [-0.25, -0.2) is 8.78 Å². The molecule has 0 aromatic carbocycles. The number of esters is 1. The van der Waals surface area contributed by atoms with E-state index in [0.717, 1.165) is 0 Å². The molecule has 1 atom stereocenters. The van der Waals surface area contributed by atoms with Gasteiger partial charge in [0, 0.05) is 0 Å². The quantitative estimate of drug-likeness (QED) is 0.616. The van der Waals surface area contributed by atoms with E-state index in [4.69, 9.17) is 0 Å². The van der Waals surface area contributed by atoms with Gasteiger partial charge in [0.2, 0.25) is 0 Å². The van der Waals surface area contributed by atoms with Crippen molar-refractivity contribution in [1.82, 2.24) is 5.32 Å². The first-order chi connectivity index (χ1) is 5.11. The van der Waals surface area contributed by atoms with Crippen LogP contribution in [0, 0.1) is 0 Å². The number of halogens is 2. The van der Waals surface area contributed by atoms with Crippen molar-refractivity contribution >= 4 is 5.97 Å². The molecule has 5 heteroatoms. The van der Waals surface area contributed by atoms with E-state index in [1.165, 1.54) is 14.2 Å². The number of hydrogen-bond acceptors (Lipinski definition) is 3. The monoisotopic (exact) mass is 167 g/mol. The molecule has 0 saturated heterocycles. The summed E-state index contributed by atoms with van der Waals surface area (Å²) in [5, 5.41) is 2.32. The van der Waals surface area contributed by atoms with Gasteiger partial charge in [-0.05, 0) is 7.05 Å². The zero-order valence-corrected chi connectivity index (χ0v) is 6.43. The van der Waals surface area contributed by atoms with Crippen LogP contribution in [-0.2, 0) is 9.53 Å². The summed E-state index contributed by atoms with van der Waals surface area (Å²) in [4.78, 5) is 10.5. The van der Waals surface area contributed by atoms with Gasteiger partial charge in [-0.1, -0.05) is 0 Å². The van der Waals surface area contributed by atoms with Crippen molar-refractivity contribution in [3.05, 3.63) is 0 Å². The molecule has 66 valence electrons. The number of ether oxygens (including phenoxy) is 1. The second-order valence-corrected chi connectivity index (χ2v) is 2.01. The predicted octanol–water partition coefficient (Wildman–Crippen LogP) is 0.403. The number of methoxy groups -OCH3 is 1. The first kappa shape index (κ1) is 10.3.